The van der Waals surface area contributed by atoms with Gasteiger partial charge in [0.1, 0.15) is 11.6 Å². The predicted molar refractivity (Wildman–Crippen MR) is 80.5 cm³/mol. The largest absolute Gasteiger partial charge is 0.313 e. The van der Waals surface area contributed by atoms with Crippen molar-refractivity contribution in [2.45, 2.75) is 33.7 Å². The highest BCUT2D eigenvalue weighted by atomic mass is 79.9. The van der Waals surface area contributed by atoms with Crippen LogP contribution in [0.1, 0.15) is 30.6 Å². The minimum Gasteiger partial charge on any atom is -0.313 e. The van der Waals surface area contributed by atoms with Crippen LogP contribution in [0.5, 0.6) is 0 Å². The molecule has 0 amide bonds. The first-order valence-electron chi connectivity index (χ1n) is 6.51. The molecule has 0 saturated carbocycles. The molecule has 102 valence electrons. The molecule has 0 saturated heterocycles. The number of aryl methyl sites for hydroxylation is 2. The minimum absolute atomic E-state index is 0.794. The van der Waals surface area contributed by atoms with E-state index in [1.807, 2.05) is 18.5 Å². The number of nitrogens with zero attached hydrogens (tertiary/aromatic N) is 3. The van der Waals surface area contributed by atoms with Gasteiger partial charge in [-0.25, -0.2) is 9.67 Å². The summed E-state index contributed by atoms with van der Waals surface area (Å²) in [6.07, 6.45) is 1.15. The zero-order valence-electron chi connectivity index (χ0n) is 11.6. The molecule has 19 heavy (non-hydrogen) atoms. The number of aromatic nitrogens is 3. The summed E-state index contributed by atoms with van der Waals surface area (Å²) >= 11 is 3.63. The summed E-state index contributed by atoms with van der Waals surface area (Å²) in [5.74, 6) is 1.70. The van der Waals surface area contributed by atoms with Crippen molar-refractivity contribution < 1.29 is 0 Å². The van der Waals surface area contributed by atoms with Crippen molar-refractivity contribution in [3.63, 3.8) is 0 Å². The van der Waals surface area contributed by atoms with E-state index in [1.54, 1.807) is 0 Å². The monoisotopic (exact) mass is 322 g/mol. The minimum atomic E-state index is 0.794. The van der Waals surface area contributed by atoms with Gasteiger partial charge in [-0.15, -0.1) is 0 Å². The van der Waals surface area contributed by atoms with Crippen molar-refractivity contribution in [3.05, 3.63) is 39.9 Å². The Morgan fingerprint density at radius 1 is 1.32 bits per heavy atom. The molecule has 5 heteroatoms. The van der Waals surface area contributed by atoms with Crippen molar-refractivity contribution >= 4 is 15.9 Å². The van der Waals surface area contributed by atoms with E-state index in [2.05, 4.69) is 56.5 Å². The Hall–Kier alpha value is -1.20. The summed E-state index contributed by atoms with van der Waals surface area (Å²) in [5, 5.41) is 7.80. The fraction of sp³-hybridized carbons (Fsp3) is 0.429. The van der Waals surface area contributed by atoms with E-state index in [1.165, 1.54) is 5.56 Å². The van der Waals surface area contributed by atoms with Crippen LogP contribution in [0, 0.1) is 13.8 Å². The van der Waals surface area contributed by atoms with E-state index in [0.717, 1.165) is 41.3 Å². The van der Waals surface area contributed by atoms with Gasteiger partial charge in [0, 0.05) is 11.0 Å². The molecule has 0 aliphatic heterocycles. The first kappa shape index (κ1) is 14.2. The van der Waals surface area contributed by atoms with Crippen LogP contribution < -0.4 is 5.32 Å². The van der Waals surface area contributed by atoms with Crippen molar-refractivity contribution in [1.29, 1.82) is 0 Å². The first-order valence-corrected chi connectivity index (χ1v) is 7.31. The average molecular weight is 323 g/mol. The molecule has 0 fully saturated rings. The van der Waals surface area contributed by atoms with Crippen molar-refractivity contribution in [2.75, 3.05) is 6.54 Å². The van der Waals surface area contributed by atoms with Gasteiger partial charge < -0.3 is 5.32 Å². The Balaban J connectivity index is 2.21. The molecular weight excluding hydrogens is 304 g/mol. The smallest absolute Gasteiger partial charge is 0.148 e. The molecule has 1 N–H and O–H groups in total. The van der Waals surface area contributed by atoms with Gasteiger partial charge in [-0.2, -0.15) is 5.10 Å². The van der Waals surface area contributed by atoms with E-state index in [4.69, 9.17) is 0 Å². The van der Waals surface area contributed by atoms with Crippen LogP contribution in [0.25, 0.3) is 5.69 Å². The quantitative estimate of drug-likeness (QED) is 0.860. The van der Waals surface area contributed by atoms with Crippen molar-refractivity contribution in [1.82, 2.24) is 20.1 Å². The topological polar surface area (TPSA) is 42.7 Å². The SMILES string of the molecule is CCCNCc1ccc(-n2nc(C)nc2C)cc1Br. The first-order chi connectivity index (χ1) is 9.11. The van der Waals surface area contributed by atoms with E-state index < -0.39 is 0 Å². The van der Waals surface area contributed by atoms with Gasteiger partial charge in [0.05, 0.1) is 5.69 Å². The third-order valence-electron chi connectivity index (χ3n) is 2.90. The third-order valence-corrected chi connectivity index (χ3v) is 3.64. The predicted octanol–water partition coefficient (Wildman–Crippen LogP) is 3.15. The third kappa shape index (κ3) is 3.42. The van der Waals surface area contributed by atoms with Gasteiger partial charge in [-0.3, -0.25) is 0 Å². The van der Waals surface area contributed by atoms with Crippen molar-refractivity contribution in [2.24, 2.45) is 0 Å². The van der Waals surface area contributed by atoms with Gasteiger partial charge in [0.15, 0.2) is 0 Å². The number of hydrogen-bond acceptors (Lipinski definition) is 3. The van der Waals surface area contributed by atoms with Gasteiger partial charge in [0.25, 0.3) is 0 Å². The van der Waals surface area contributed by atoms with E-state index >= 15 is 0 Å². The molecule has 0 unspecified atom stereocenters. The second-order valence-corrected chi connectivity index (χ2v) is 5.42. The van der Waals surface area contributed by atoms with E-state index in [-0.39, 0.29) is 0 Å². The number of rotatable bonds is 5. The Morgan fingerprint density at radius 2 is 2.11 bits per heavy atom. The second-order valence-electron chi connectivity index (χ2n) is 4.57. The van der Waals surface area contributed by atoms with Gasteiger partial charge in [-0.1, -0.05) is 28.9 Å². The summed E-state index contributed by atoms with van der Waals surface area (Å²) in [4.78, 5) is 4.32. The summed E-state index contributed by atoms with van der Waals surface area (Å²) in [6, 6.07) is 6.29. The molecule has 1 aromatic heterocycles. The molecule has 1 heterocycles. The Bertz CT molecular complexity index is 563. The summed E-state index contributed by atoms with van der Waals surface area (Å²) in [7, 11) is 0. The van der Waals surface area contributed by atoms with Crippen LogP contribution in [0.2, 0.25) is 0 Å². The normalized spacial score (nSPS) is 10.9. The lowest BCUT2D eigenvalue weighted by atomic mass is 10.2. The molecule has 0 radical (unpaired) electrons. The molecule has 1 aromatic carbocycles. The highest BCUT2D eigenvalue weighted by Crippen LogP contribution is 2.21. The Kier molecular flexibility index (Phi) is 4.71. The number of nitrogens with one attached hydrogen (secondary N) is 1. The lowest BCUT2D eigenvalue weighted by Gasteiger charge is -2.09. The average Bonchev–Trinajstić information content (AvgIpc) is 2.71. The van der Waals surface area contributed by atoms with Crippen LogP contribution >= 0.6 is 15.9 Å². The van der Waals surface area contributed by atoms with Crippen LogP contribution in [0.15, 0.2) is 22.7 Å². The second kappa shape index (κ2) is 6.30. The van der Waals surface area contributed by atoms with Crippen molar-refractivity contribution in [3.8, 4) is 5.69 Å². The standard InChI is InChI=1S/C14H19BrN4/c1-4-7-16-9-12-5-6-13(8-14(12)15)19-11(3)17-10(2)18-19/h5-6,8,16H,4,7,9H2,1-3H3. The van der Waals surface area contributed by atoms with Crippen LogP contribution in [-0.2, 0) is 6.54 Å². The molecule has 2 rings (SSSR count). The van der Waals surface area contributed by atoms with E-state index in [0.29, 0.717) is 0 Å². The fourth-order valence-corrected chi connectivity index (χ4v) is 2.48. The molecule has 0 spiro atoms. The van der Waals surface area contributed by atoms with Gasteiger partial charge in [0.2, 0.25) is 0 Å². The lowest BCUT2D eigenvalue weighted by molar-refractivity contribution is 0.673. The molecule has 0 bridgehead atoms. The van der Waals surface area contributed by atoms with Crippen LogP contribution in [0.3, 0.4) is 0 Å². The maximum absolute atomic E-state index is 4.40. The summed E-state index contributed by atoms with van der Waals surface area (Å²) in [6.45, 7) is 7.95. The summed E-state index contributed by atoms with van der Waals surface area (Å²) < 4.78 is 2.96. The Morgan fingerprint density at radius 3 is 2.68 bits per heavy atom. The molecule has 0 aliphatic rings. The molecule has 4 nitrogen and oxygen atoms in total. The molecular formula is C14H19BrN4. The zero-order chi connectivity index (χ0) is 13.8. The fourth-order valence-electron chi connectivity index (χ4n) is 1.98. The highest BCUT2D eigenvalue weighted by Gasteiger charge is 2.07. The van der Waals surface area contributed by atoms with Gasteiger partial charge >= 0.3 is 0 Å². The highest BCUT2D eigenvalue weighted by molar-refractivity contribution is 9.10. The summed E-state index contributed by atoms with van der Waals surface area (Å²) in [5.41, 5.74) is 2.29. The van der Waals surface area contributed by atoms with Crippen LogP contribution in [-0.4, -0.2) is 21.3 Å². The molecule has 2 aromatic rings. The Labute approximate surface area is 122 Å². The van der Waals surface area contributed by atoms with Crippen LogP contribution in [0.4, 0.5) is 0 Å². The number of hydrogen-bond donors (Lipinski definition) is 1. The molecule has 0 aliphatic carbocycles. The van der Waals surface area contributed by atoms with E-state index in [9.17, 15) is 0 Å². The molecule has 0 atom stereocenters. The maximum Gasteiger partial charge on any atom is 0.148 e. The number of benzene rings is 1. The lowest BCUT2D eigenvalue weighted by Crippen LogP contribution is -2.14. The number of halogens is 1. The maximum atomic E-state index is 4.40. The van der Waals surface area contributed by atoms with Gasteiger partial charge in [-0.05, 0) is 44.5 Å². The zero-order valence-corrected chi connectivity index (χ0v) is 13.2.